The SMILES string of the molecule is CC1OC(C)C(C(=O)CCC2CCCO2)C1C. The van der Waals surface area contributed by atoms with Crippen molar-refractivity contribution in [2.24, 2.45) is 11.8 Å². The zero-order chi connectivity index (χ0) is 12.4. The molecule has 0 aromatic heterocycles. The number of hydrogen-bond donors (Lipinski definition) is 0. The maximum atomic E-state index is 12.2. The Balaban J connectivity index is 1.82. The van der Waals surface area contributed by atoms with Gasteiger partial charge >= 0.3 is 0 Å². The van der Waals surface area contributed by atoms with Crippen molar-refractivity contribution in [1.29, 1.82) is 0 Å². The molecule has 0 aliphatic carbocycles. The van der Waals surface area contributed by atoms with Gasteiger partial charge in [-0.25, -0.2) is 0 Å². The van der Waals surface area contributed by atoms with E-state index in [-0.39, 0.29) is 18.1 Å². The molecule has 2 rings (SSSR count). The second kappa shape index (κ2) is 5.49. The topological polar surface area (TPSA) is 35.5 Å². The molecule has 0 radical (unpaired) electrons. The van der Waals surface area contributed by atoms with Gasteiger partial charge in [0.1, 0.15) is 5.78 Å². The van der Waals surface area contributed by atoms with Crippen LogP contribution in [0.3, 0.4) is 0 Å². The van der Waals surface area contributed by atoms with Gasteiger partial charge in [0.25, 0.3) is 0 Å². The molecule has 5 atom stereocenters. The molecule has 0 aromatic carbocycles. The van der Waals surface area contributed by atoms with Crippen LogP contribution in [-0.4, -0.2) is 30.7 Å². The summed E-state index contributed by atoms with van der Waals surface area (Å²) in [6.07, 6.45) is 4.43. The van der Waals surface area contributed by atoms with E-state index in [1.54, 1.807) is 0 Å². The maximum absolute atomic E-state index is 12.2. The van der Waals surface area contributed by atoms with Crippen LogP contribution in [-0.2, 0) is 14.3 Å². The lowest BCUT2D eigenvalue weighted by Crippen LogP contribution is -2.27. The van der Waals surface area contributed by atoms with Crippen molar-refractivity contribution in [3.63, 3.8) is 0 Å². The molecule has 5 unspecified atom stereocenters. The molecule has 2 heterocycles. The lowest BCUT2D eigenvalue weighted by Gasteiger charge is -2.18. The van der Waals surface area contributed by atoms with E-state index in [4.69, 9.17) is 9.47 Å². The first-order valence-electron chi connectivity index (χ1n) is 6.89. The zero-order valence-corrected chi connectivity index (χ0v) is 11.1. The van der Waals surface area contributed by atoms with E-state index >= 15 is 0 Å². The average molecular weight is 240 g/mol. The van der Waals surface area contributed by atoms with E-state index in [1.807, 2.05) is 6.92 Å². The number of ether oxygens (including phenoxy) is 2. The van der Waals surface area contributed by atoms with Crippen LogP contribution in [0.4, 0.5) is 0 Å². The van der Waals surface area contributed by atoms with Gasteiger partial charge in [0.05, 0.1) is 18.3 Å². The van der Waals surface area contributed by atoms with Crippen molar-refractivity contribution < 1.29 is 14.3 Å². The molecular weight excluding hydrogens is 216 g/mol. The quantitative estimate of drug-likeness (QED) is 0.757. The summed E-state index contributed by atoms with van der Waals surface area (Å²) in [6.45, 7) is 7.08. The van der Waals surface area contributed by atoms with Gasteiger partial charge < -0.3 is 9.47 Å². The van der Waals surface area contributed by atoms with Gasteiger partial charge in [-0.3, -0.25) is 4.79 Å². The summed E-state index contributed by atoms with van der Waals surface area (Å²) in [5.74, 6) is 0.804. The zero-order valence-electron chi connectivity index (χ0n) is 11.1. The Morgan fingerprint density at radius 2 is 2.00 bits per heavy atom. The monoisotopic (exact) mass is 240 g/mol. The minimum atomic E-state index is 0.0806. The first-order valence-corrected chi connectivity index (χ1v) is 6.89. The average Bonchev–Trinajstić information content (AvgIpc) is 2.86. The molecular formula is C14H24O3. The Hall–Kier alpha value is -0.410. The molecule has 0 aromatic rings. The van der Waals surface area contributed by atoms with Crippen LogP contribution in [0.5, 0.6) is 0 Å². The molecule has 0 amide bonds. The number of carbonyl (C=O) groups is 1. The van der Waals surface area contributed by atoms with Crippen LogP contribution >= 0.6 is 0 Å². The van der Waals surface area contributed by atoms with Gasteiger partial charge in [-0.1, -0.05) is 6.92 Å². The summed E-state index contributed by atoms with van der Waals surface area (Å²) in [6, 6.07) is 0. The van der Waals surface area contributed by atoms with Crippen LogP contribution in [0, 0.1) is 11.8 Å². The lowest BCUT2D eigenvalue weighted by atomic mass is 9.84. The summed E-state index contributed by atoms with van der Waals surface area (Å²) in [7, 11) is 0. The van der Waals surface area contributed by atoms with Crippen LogP contribution < -0.4 is 0 Å². The third kappa shape index (κ3) is 2.89. The third-order valence-corrected chi connectivity index (χ3v) is 4.35. The number of rotatable bonds is 4. The van der Waals surface area contributed by atoms with Gasteiger partial charge in [-0.2, -0.15) is 0 Å². The standard InChI is InChI=1S/C14H24O3/c1-9-10(2)17-11(3)14(9)13(15)7-6-12-5-4-8-16-12/h9-12,14H,4-8H2,1-3H3. The highest BCUT2D eigenvalue weighted by Crippen LogP contribution is 2.34. The molecule has 0 saturated carbocycles. The molecule has 0 bridgehead atoms. The predicted octanol–water partition coefficient (Wildman–Crippen LogP) is 2.57. The maximum Gasteiger partial charge on any atom is 0.139 e. The van der Waals surface area contributed by atoms with Crippen molar-refractivity contribution in [3.05, 3.63) is 0 Å². The first kappa shape index (κ1) is 13.0. The minimum Gasteiger partial charge on any atom is -0.378 e. The van der Waals surface area contributed by atoms with Crippen LogP contribution in [0.2, 0.25) is 0 Å². The fraction of sp³-hybridized carbons (Fsp3) is 0.929. The third-order valence-electron chi connectivity index (χ3n) is 4.35. The number of ketones is 1. The summed E-state index contributed by atoms with van der Waals surface area (Å²) < 4.78 is 11.3. The molecule has 2 aliphatic rings. The molecule has 0 N–H and O–H groups in total. The smallest absolute Gasteiger partial charge is 0.139 e. The van der Waals surface area contributed by atoms with Crippen LogP contribution in [0.15, 0.2) is 0 Å². The second-order valence-electron chi connectivity index (χ2n) is 5.57. The molecule has 2 fully saturated rings. The highest BCUT2D eigenvalue weighted by Gasteiger charge is 2.41. The predicted molar refractivity (Wildman–Crippen MR) is 65.9 cm³/mol. The molecule has 2 aliphatic heterocycles. The van der Waals surface area contributed by atoms with E-state index in [9.17, 15) is 4.79 Å². The van der Waals surface area contributed by atoms with Crippen LogP contribution in [0.25, 0.3) is 0 Å². The Labute approximate surface area is 104 Å². The van der Waals surface area contributed by atoms with Crippen molar-refractivity contribution >= 4 is 5.78 Å². The lowest BCUT2D eigenvalue weighted by molar-refractivity contribution is -0.125. The highest BCUT2D eigenvalue weighted by molar-refractivity contribution is 5.82. The molecule has 3 nitrogen and oxygen atoms in total. The summed E-state index contributed by atoms with van der Waals surface area (Å²) in [5, 5.41) is 0. The van der Waals surface area contributed by atoms with E-state index in [2.05, 4.69) is 13.8 Å². The molecule has 0 spiro atoms. The van der Waals surface area contributed by atoms with E-state index < -0.39 is 0 Å². The van der Waals surface area contributed by atoms with Crippen molar-refractivity contribution in [3.8, 4) is 0 Å². The fourth-order valence-corrected chi connectivity index (χ4v) is 3.16. The summed E-state index contributed by atoms with van der Waals surface area (Å²) >= 11 is 0. The second-order valence-corrected chi connectivity index (χ2v) is 5.57. The fourth-order valence-electron chi connectivity index (χ4n) is 3.16. The Bertz CT molecular complexity index is 271. The molecule has 98 valence electrons. The van der Waals surface area contributed by atoms with E-state index in [0.717, 1.165) is 25.9 Å². The van der Waals surface area contributed by atoms with Gasteiger partial charge in [-0.15, -0.1) is 0 Å². The van der Waals surface area contributed by atoms with Gasteiger partial charge in [0.15, 0.2) is 0 Å². The van der Waals surface area contributed by atoms with Crippen molar-refractivity contribution in [1.82, 2.24) is 0 Å². The molecule has 17 heavy (non-hydrogen) atoms. The Morgan fingerprint density at radius 1 is 1.24 bits per heavy atom. The Morgan fingerprint density at radius 3 is 2.53 bits per heavy atom. The first-order chi connectivity index (χ1) is 8.09. The van der Waals surface area contributed by atoms with Gasteiger partial charge in [0.2, 0.25) is 0 Å². The highest BCUT2D eigenvalue weighted by atomic mass is 16.5. The summed E-state index contributed by atoms with van der Waals surface area (Å²) in [5.41, 5.74) is 0. The molecule has 2 saturated heterocycles. The van der Waals surface area contributed by atoms with Gasteiger partial charge in [0, 0.05) is 18.9 Å². The number of hydrogen-bond acceptors (Lipinski definition) is 3. The minimum absolute atomic E-state index is 0.0806. The van der Waals surface area contributed by atoms with Crippen LogP contribution in [0.1, 0.15) is 46.5 Å². The molecule has 3 heteroatoms. The Kier molecular flexibility index (Phi) is 4.21. The van der Waals surface area contributed by atoms with Crippen molar-refractivity contribution in [2.75, 3.05) is 6.61 Å². The van der Waals surface area contributed by atoms with Gasteiger partial charge in [-0.05, 0) is 39.0 Å². The van der Waals surface area contributed by atoms with E-state index in [0.29, 0.717) is 24.2 Å². The number of Topliss-reactive ketones (excluding diaryl/α,β-unsaturated/α-hetero) is 1. The van der Waals surface area contributed by atoms with Crippen molar-refractivity contribution in [2.45, 2.75) is 64.8 Å². The summed E-state index contributed by atoms with van der Waals surface area (Å²) in [4.78, 5) is 12.2. The normalized spacial score (nSPS) is 41.9. The van der Waals surface area contributed by atoms with E-state index in [1.165, 1.54) is 0 Å². The largest absolute Gasteiger partial charge is 0.378 e. The number of carbonyl (C=O) groups excluding carboxylic acids is 1.